The molecule has 0 radical (unpaired) electrons. The first-order chi connectivity index (χ1) is 7.19. The number of nitro groups is 1. The second-order valence-corrected chi connectivity index (χ2v) is 3.00. The Morgan fingerprint density at radius 3 is 3.00 bits per heavy atom. The Morgan fingerprint density at radius 1 is 1.73 bits per heavy atom. The number of rotatable bonds is 4. The first kappa shape index (κ1) is 11.5. The van der Waals surface area contributed by atoms with Gasteiger partial charge >= 0.3 is 0 Å². The van der Waals surface area contributed by atoms with E-state index in [1.54, 1.807) is 12.2 Å². The number of hydrogen-bond donors (Lipinski definition) is 1. The van der Waals surface area contributed by atoms with Gasteiger partial charge in [0.15, 0.2) is 0 Å². The number of aromatic nitrogens is 1. The molecular weight excluding hydrogens is 216 g/mol. The molecule has 0 unspecified atom stereocenters. The van der Waals surface area contributed by atoms with E-state index in [4.69, 9.17) is 4.74 Å². The van der Waals surface area contributed by atoms with Gasteiger partial charge in [0.1, 0.15) is 6.20 Å². The third-order valence-electron chi connectivity index (χ3n) is 1.67. The van der Waals surface area contributed by atoms with Gasteiger partial charge in [0.05, 0.1) is 12.0 Å². The van der Waals surface area contributed by atoms with E-state index in [1.807, 2.05) is 0 Å². The number of ether oxygens (including phenoxy) is 1. The summed E-state index contributed by atoms with van der Waals surface area (Å²) in [5, 5.41) is 10.5. The summed E-state index contributed by atoms with van der Waals surface area (Å²) in [6, 6.07) is 1.41. The van der Waals surface area contributed by atoms with Crippen molar-refractivity contribution in [1.82, 2.24) is 4.98 Å². The van der Waals surface area contributed by atoms with Crippen molar-refractivity contribution in [3.63, 3.8) is 0 Å². The van der Waals surface area contributed by atoms with Gasteiger partial charge < -0.3 is 4.74 Å². The normalized spacial score (nSPS) is 10.5. The highest BCUT2D eigenvalue weighted by Crippen LogP contribution is 2.21. The Kier molecular flexibility index (Phi) is 4.11. The molecule has 0 aromatic carbocycles. The largest absolute Gasteiger partial charge is 0.481 e. The van der Waals surface area contributed by atoms with Gasteiger partial charge in [-0.25, -0.2) is 4.98 Å². The van der Waals surface area contributed by atoms with Crippen LogP contribution in [0.1, 0.15) is 5.56 Å². The second kappa shape index (κ2) is 5.35. The number of methoxy groups -OCH3 is 1. The highest BCUT2D eigenvalue weighted by Gasteiger charge is 2.10. The van der Waals surface area contributed by atoms with Crippen LogP contribution < -0.4 is 4.74 Å². The van der Waals surface area contributed by atoms with Crippen LogP contribution in [0, 0.1) is 10.1 Å². The fourth-order valence-electron chi connectivity index (χ4n) is 1.03. The van der Waals surface area contributed by atoms with Crippen LogP contribution in [0.3, 0.4) is 0 Å². The Balaban J connectivity index is 3.13. The summed E-state index contributed by atoms with van der Waals surface area (Å²) in [6.07, 6.45) is 4.61. The first-order valence-electron chi connectivity index (χ1n) is 4.15. The molecule has 0 aliphatic rings. The summed E-state index contributed by atoms with van der Waals surface area (Å²) in [6.45, 7) is 0. The Morgan fingerprint density at radius 2 is 2.47 bits per heavy atom. The van der Waals surface area contributed by atoms with E-state index in [-0.39, 0.29) is 5.69 Å². The van der Waals surface area contributed by atoms with E-state index in [1.165, 1.54) is 13.2 Å². The molecule has 6 heteroatoms. The minimum Gasteiger partial charge on any atom is -0.481 e. The summed E-state index contributed by atoms with van der Waals surface area (Å²) < 4.78 is 4.97. The van der Waals surface area contributed by atoms with E-state index >= 15 is 0 Å². The Hall–Kier alpha value is -1.56. The Labute approximate surface area is 92.3 Å². The van der Waals surface area contributed by atoms with E-state index in [0.717, 1.165) is 6.20 Å². The molecule has 15 heavy (non-hydrogen) atoms. The van der Waals surface area contributed by atoms with E-state index < -0.39 is 4.92 Å². The molecule has 0 aliphatic heterocycles. The summed E-state index contributed by atoms with van der Waals surface area (Å²) in [5.41, 5.74) is 0.510. The molecule has 0 N–H and O–H groups in total. The molecule has 0 atom stereocenters. The smallest absolute Gasteiger partial charge is 0.288 e. The summed E-state index contributed by atoms with van der Waals surface area (Å²) in [7, 11) is 1.46. The van der Waals surface area contributed by atoms with E-state index in [9.17, 15) is 10.1 Å². The minimum atomic E-state index is -0.496. The van der Waals surface area contributed by atoms with Gasteiger partial charge in [-0.15, -0.1) is 0 Å². The number of hydrogen-bond acceptors (Lipinski definition) is 5. The standard InChI is InChI=1S/C9H10N2O3S/c1-14-9-7(3-2-4-15)5-8(6-10-9)11(12)13/h2-3,5-6,15H,4H2,1H3. The molecule has 1 heterocycles. The number of nitrogens with zero attached hydrogens (tertiary/aromatic N) is 2. The lowest BCUT2D eigenvalue weighted by Gasteiger charge is -2.02. The third kappa shape index (κ3) is 2.95. The molecule has 0 fully saturated rings. The maximum Gasteiger partial charge on any atom is 0.288 e. The lowest BCUT2D eigenvalue weighted by Crippen LogP contribution is -1.94. The monoisotopic (exact) mass is 226 g/mol. The first-order valence-corrected chi connectivity index (χ1v) is 4.78. The Bertz CT molecular complexity index is 393. The van der Waals surface area contributed by atoms with Gasteiger partial charge in [-0.2, -0.15) is 12.6 Å². The highest BCUT2D eigenvalue weighted by atomic mass is 32.1. The molecule has 1 aromatic rings. The fraction of sp³-hybridized carbons (Fsp3) is 0.222. The molecule has 80 valence electrons. The van der Waals surface area contributed by atoms with Crippen LogP contribution >= 0.6 is 12.6 Å². The van der Waals surface area contributed by atoms with Crippen LogP contribution in [-0.2, 0) is 0 Å². The zero-order chi connectivity index (χ0) is 11.3. The topological polar surface area (TPSA) is 65.3 Å². The molecule has 0 bridgehead atoms. The summed E-state index contributed by atoms with van der Waals surface area (Å²) >= 11 is 4.00. The highest BCUT2D eigenvalue weighted by molar-refractivity contribution is 7.80. The van der Waals surface area contributed by atoms with Gasteiger partial charge in [-0.3, -0.25) is 10.1 Å². The molecule has 1 rings (SSSR count). The van der Waals surface area contributed by atoms with Crippen LogP contribution in [0.2, 0.25) is 0 Å². The summed E-state index contributed by atoms with van der Waals surface area (Å²) in [4.78, 5) is 13.8. The van der Waals surface area contributed by atoms with Crippen molar-refractivity contribution in [1.29, 1.82) is 0 Å². The van der Waals surface area contributed by atoms with Gasteiger partial charge in [0, 0.05) is 17.4 Å². The van der Waals surface area contributed by atoms with Gasteiger partial charge in [-0.1, -0.05) is 12.2 Å². The van der Waals surface area contributed by atoms with E-state index in [0.29, 0.717) is 17.2 Å². The van der Waals surface area contributed by atoms with Crippen molar-refractivity contribution >= 4 is 24.4 Å². The molecule has 5 nitrogen and oxygen atoms in total. The lowest BCUT2D eigenvalue weighted by atomic mass is 10.2. The molecule has 0 aliphatic carbocycles. The minimum absolute atomic E-state index is 0.0605. The average Bonchev–Trinajstić information content (AvgIpc) is 2.25. The van der Waals surface area contributed by atoms with Crippen LogP contribution in [0.15, 0.2) is 18.3 Å². The van der Waals surface area contributed by atoms with Crippen molar-refractivity contribution < 1.29 is 9.66 Å². The fourth-order valence-corrected chi connectivity index (χ4v) is 1.13. The molecule has 1 aromatic heterocycles. The van der Waals surface area contributed by atoms with Crippen molar-refractivity contribution in [2.24, 2.45) is 0 Å². The number of pyridine rings is 1. The predicted octanol–water partition coefficient (Wildman–Crippen LogP) is 1.94. The summed E-state index contributed by atoms with van der Waals surface area (Å²) in [5.74, 6) is 0.907. The molecular formula is C9H10N2O3S. The number of thiol groups is 1. The zero-order valence-electron chi connectivity index (χ0n) is 8.08. The SMILES string of the molecule is COc1ncc([N+](=O)[O-])cc1C=CCS. The van der Waals surface area contributed by atoms with Crippen molar-refractivity contribution in [2.45, 2.75) is 0 Å². The van der Waals surface area contributed by atoms with Crippen molar-refractivity contribution in [3.8, 4) is 5.88 Å². The van der Waals surface area contributed by atoms with Crippen LogP contribution in [0.25, 0.3) is 6.08 Å². The maximum atomic E-state index is 10.5. The lowest BCUT2D eigenvalue weighted by molar-refractivity contribution is -0.385. The third-order valence-corrected chi connectivity index (χ3v) is 1.88. The van der Waals surface area contributed by atoms with Crippen molar-refractivity contribution in [3.05, 3.63) is 34.0 Å². The molecule has 0 spiro atoms. The molecule has 0 saturated heterocycles. The van der Waals surface area contributed by atoms with Crippen LogP contribution in [-0.4, -0.2) is 22.8 Å². The average molecular weight is 226 g/mol. The maximum absolute atomic E-state index is 10.5. The molecule has 0 amide bonds. The van der Waals surface area contributed by atoms with E-state index in [2.05, 4.69) is 17.6 Å². The van der Waals surface area contributed by atoms with Gasteiger partial charge in [0.25, 0.3) is 5.69 Å². The second-order valence-electron chi connectivity index (χ2n) is 2.63. The zero-order valence-corrected chi connectivity index (χ0v) is 8.98. The quantitative estimate of drug-likeness (QED) is 0.484. The molecule has 0 saturated carbocycles. The van der Waals surface area contributed by atoms with Crippen molar-refractivity contribution in [2.75, 3.05) is 12.9 Å². The van der Waals surface area contributed by atoms with Crippen LogP contribution in [0.4, 0.5) is 5.69 Å². The predicted molar refractivity (Wildman–Crippen MR) is 60.3 cm³/mol. The van der Waals surface area contributed by atoms with Crippen LogP contribution in [0.5, 0.6) is 5.88 Å². The van der Waals surface area contributed by atoms with Gasteiger partial charge in [-0.05, 0) is 0 Å². The van der Waals surface area contributed by atoms with Gasteiger partial charge in [0.2, 0.25) is 5.88 Å².